The number of nitrogens with one attached hydrogen (secondary N) is 4. The maximum atomic E-state index is 13.6. The number of carbonyl (C=O) groups excluding carboxylic acids is 3. The highest BCUT2D eigenvalue weighted by Crippen LogP contribution is 2.31. The van der Waals surface area contributed by atoms with Gasteiger partial charge in [0.15, 0.2) is 0 Å². The van der Waals surface area contributed by atoms with Crippen LogP contribution in [0.5, 0.6) is 0 Å². The molecule has 2 aliphatic rings. The van der Waals surface area contributed by atoms with Crippen molar-refractivity contribution in [3.63, 3.8) is 0 Å². The van der Waals surface area contributed by atoms with E-state index in [2.05, 4.69) is 54.6 Å². The van der Waals surface area contributed by atoms with E-state index < -0.39 is 24.6 Å². The molecule has 51 heavy (non-hydrogen) atoms. The lowest BCUT2D eigenvalue weighted by Gasteiger charge is -2.33. The van der Waals surface area contributed by atoms with Gasteiger partial charge in [0.2, 0.25) is 18.2 Å². The first-order valence-corrected chi connectivity index (χ1v) is 17.7. The number of methoxy groups -OCH3 is 2. The van der Waals surface area contributed by atoms with Crippen LogP contribution in [0.1, 0.15) is 84.8 Å². The Labute approximate surface area is 302 Å². The third-order valence-corrected chi connectivity index (χ3v) is 9.22. The number of aromatic amines is 1. The molecule has 0 aromatic carbocycles. The van der Waals surface area contributed by atoms with Gasteiger partial charge in [-0.05, 0) is 69.1 Å². The number of aliphatic hydroxyl groups is 1. The summed E-state index contributed by atoms with van der Waals surface area (Å²) in [6, 6.07) is -1.95. The molecule has 14 heteroatoms. The summed E-state index contributed by atoms with van der Waals surface area (Å²) in [5, 5.41) is 19.1. The standard InChI is InChI=1S/C37H56N8O6/c1-10-15-26(25(6)40-32(38-7)28-18-13-20-44(28)34(46)30(23(2)3)42-36(48)50-8)16-11-12-17-27-22-39-33(41-27)29-19-14-21-45(29)35(47)31(24(4)5)43-37(49)51-9/h10,15,22-26,28-31,36,42,48H,13-14,18-21H2,1-9H3,(H,38,40)(H,39,41)(H,43,49)/b15-10-/t25?,26-,28-,29-,30-,31-,36?/m1/s1. The molecule has 1 aromatic rings. The van der Waals surface area contributed by atoms with E-state index in [4.69, 9.17) is 9.47 Å². The van der Waals surface area contributed by atoms with Crippen LogP contribution in [0, 0.1) is 41.4 Å². The summed E-state index contributed by atoms with van der Waals surface area (Å²) in [5.41, 5.74) is 0.582. The zero-order chi connectivity index (χ0) is 37.7. The molecule has 2 aliphatic heterocycles. The Kier molecular flexibility index (Phi) is 16.0. The smallest absolute Gasteiger partial charge is 0.407 e. The highest BCUT2D eigenvalue weighted by Gasteiger charge is 2.39. The van der Waals surface area contributed by atoms with Crippen LogP contribution < -0.4 is 16.0 Å². The van der Waals surface area contributed by atoms with Crippen molar-refractivity contribution in [1.82, 2.24) is 35.7 Å². The number of likely N-dealkylation sites (tertiary alicyclic amines) is 2. The fraction of sp³-hybridized carbons (Fsp3) is 0.649. The summed E-state index contributed by atoms with van der Waals surface area (Å²) in [5.74, 6) is 12.9. The number of ether oxygens (including phenoxy) is 2. The molecule has 0 radical (unpaired) electrons. The molecule has 7 atom stereocenters. The first-order valence-electron chi connectivity index (χ1n) is 17.7. The van der Waals surface area contributed by atoms with Crippen LogP contribution in [0.4, 0.5) is 4.79 Å². The second kappa shape index (κ2) is 19.9. The van der Waals surface area contributed by atoms with E-state index in [-0.39, 0.29) is 47.7 Å². The fourth-order valence-electron chi connectivity index (χ4n) is 6.42. The monoisotopic (exact) mass is 708 g/mol. The van der Waals surface area contributed by atoms with Gasteiger partial charge >= 0.3 is 6.09 Å². The van der Waals surface area contributed by atoms with Crippen LogP contribution in [-0.4, -0.2) is 114 Å². The normalized spacial score (nSPS) is 20.7. The Morgan fingerprint density at radius 1 is 1.02 bits per heavy atom. The number of imidazole rings is 1. The van der Waals surface area contributed by atoms with E-state index in [0.29, 0.717) is 30.4 Å². The van der Waals surface area contributed by atoms with Crippen LogP contribution in [0.3, 0.4) is 0 Å². The van der Waals surface area contributed by atoms with Gasteiger partial charge in [-0.1, -0.05) is 45.8 Å². The average Bonchev–Trinajstić information content (AvgIpc) is 3.90. The van der Waals surface area contributed by atoms with E-state index >= 15 is 0 Å². The lowest BCUT2D eigenvalue weighted by atomic mass is 10.00. The van der Waals surface area contributed by atoms with Crippen molar-refractivity contribution in [1.29, 1.82) is 0 Å². The molecule has 3 amide bonds. The topological polar surface area (TPSA) is 174 Å². The number of allylic oxidation sites excluding steroid dienone is 1. The highest BCUT2D eigenvalue weighted by atomic mass is 16.6. The van der Waals surface area contributed by atoms with Gasteiger partial charge in [0.05, 0.1) is 37.4 Å². The Hall–Kier alpha value is -4.37. The predicted molar refractivity (Wildman–Crippen MR) is 195 cm³/mol. The minimum Gasteiger partial charge on any atom is -0.453 e. The number of hydrogen-bond donors (Lipinski definition) is 5. The molecule has 0 spiro atoms. The van der Waals surface area contributed by atoms with Crippen LogP contribution >= 0.6 is 0 Å². The van der Waals surface area contributed by atoms with Crippen LogP contribution in [0.15, 0.2) is 23.3 Å². The van der Waals surface area contributed by atoms with E-state index in [1.807, 2.05) is 58.6 Å². The highest BCUT2D eigenvalue weighted by molar-refractivity contribution is 5.93. The quantitative estimate of drug-likeness (QED) is 0.0679. The molecule has 0 aliphatic carbocycles. The largest absolute Gasteiger partial charge is 0.453 e. The third kappa shape index (κ3) is 11.1. The third-order valence-electron chi connectivity index (χ3n) is 9.22. The summed E-state index contributed by atoms with van der Waals surface area (Å²) in [7, 11) is 4.37. The minimum atomic E-state index is -1.24. The van der Waals surface area contributed by atoms with Crippen molar-refractivity contribution in [3.8, 4) is 23.7 Å². The Morgan fingerprint density at radius 2 is 1.69 bits per heavy atom. The van der Waals surface area contributed by atoms with Crippen LogP contribution in [0.25, 0.3) is 0 Å². The Bertz CT molecular complexity index is 1520. The molecule has 3 heterocycles. The SMILES string of the molecule is C/C=C\[C@H](C#CC#Cc1cnc([C@H]2CCCN2C(=O)[C@H](NC(=O)OC)C(C)C)[nH]1)C(C)NC(=NC)[C@H]1CCCN1C(=O)[C@H](NC(O)OC)C(C)C. The molecule has 2 saturated heterocycles. The Balaban J connectivity index is 1.69. The molecule has 1 aromatic heterocycles. The number of rotatable bonds is 13. The number of nitrogens with zero attached hydrogens (tertiary/aromatic N) is 4. The van der Waals surface area contributed by atoms with Crippen molar-refractivity contribution in [2.24, 2.45) is 22.7 Å². The summed E-state index contributed by atoms with van der Waals surface area (Å²) in [6.45, 7) is 12.7. The second-order valence-corrected chi connectivity index (χ2v) is 13.5. The molecule has 0 bridgehead atoms. The summed E-state index contributed by atoms with van der Waals surface area (Å²) < 4.78 is 9.67. The van der Waals surface area contributed by atoms with Gasteiger partial charge in [0.1, 0.15) is 23.4 Å². The van der Waals surface area contributed by atoms with Gasteiger partial charge in [-0.3, -0.25) is 19.9 Å². The molecule has 14 nitrogen and oxygen atoms in total. The number of amidine groups is 1. The first-order chi connectivity index (χ1) is 24.4. The lowest BCUT2D eigenvalue weighted by Crippen LogP contribution is -2.57. The number of aliphatic imine (C=N–C) groups is 1. The number of H-pyrrole nitrogens is 1. The number of aromatic nitrogens is 2. The summed E-state index contributed by atoms with van der Waals surface area (Å²) in [4.78, 5) is 54.8. The van der Waals surface area contributed by atoms with Crippen molar-refractivity contribution in [2.75, 3.05) is 34.4 Å². The molecule has 5 N–H and O–H groups in total. The van der Waals surface area contributed by atoms with Crippen LogP contribution in [0.2, 0.25) is 0 Å². The molecular weight excluding hydrogens is 652 g/mol. The minimum absolute atomic E-state index is 0.0674. The first kappa shape index (κ1) is 41.1. The van der Waals surface area contributed by atoms with Gasteiger partial charge in [-0.15, -0.1) is 0 Å². The molecule has 2 unspecified atom stereocenters. The number of amides is 3. The second-order valence-electron chi connectivity index (χ2n) is 13.5. The van der Waals surface area contributed by atoms with Gasteiger partial charge in [0, 0.05) is 33.3 Å². The van der Waals surface area contributed by atoms with Crippen molar-refractivity contribution >= 4 is 23.7 Å². The fourth-order valence-corrected chi connectivity index (χ4v) is 6.42. The van der Waals surface area contributed by atoms with E-state index in [9.17, 15) is 19.5 Å². The molecular formula is C37H56N8O6. The van der Waals surface area contributed by atoms with Gasteiger partial charge in [-0.2, -0.15) is 0 Å². The average molecular weight is 709 g/mol. The van der Waals surface area contributed by atoms with Crippen molar-refractivity contribution in [2.45, 2.75) is 104 Å². The van der Waals surface area contributed by atoms with Crippen molar-refractivity contribution < 1.29 is 29.0 Å². The lowest BCUT2D eigenvalue weighted by molar-refractivity contribution is -0.143. The van der Waals surface area contributed by atoms with E-state index in [1.165, 1.54) is 14.2 Å². The number of aliphatic hydroxyl groups excluding tert-OH is 1. The Morgan fingerprint density at radius 3 is 2.31 bits per heavy atom. The summed E-state index contributed by atoms with van der Waals surface area (Å²) in [6.07, 6.45) is 6.87. The van der Waals surface area contributed by atoms with Gasteiger partial charge in [0.25, 0.3) is 0 Å². The number of carbonyl (C=O) groups is 3. The zero-order valence-electron chi connectivity index (χ0n) is 31.4. The van der Waals surface area contributed by atoms with Gasteiger partial charge < -0.3 is 40.0 Å². The number of alkyl carbamates (subject to hydrolysis) is 1. The zero-order valence-corrected chi connectivity index (χ0v) is 31.4. The maximum absolute atomic E-state index is 13.6. The maximum Gasteiger partial charge on any atom is 0.407 e. The summed E-state index contributed by atoms with van der Waals surface area (Å²) >= 11 is 0. The predicted octanol–water partition coefficient (Wildman–Crippen LogP) is 2.53. The molecule has 280 valence electrons. The molecule has 0 saturated carbocycles. The van der Waals surface area contributed by atoms with E-state index in [1.54, 1.807) is 18.1 Å². The van der Waals surface area contributed by atoms with Gasteiger partial charge in [-0.25, -0.2) is 9.78 Å². The molecule has 2 fully saturated rings. The molecule has 3 rings (SSSR count). The van der Waals surface area contributed by atoms with E-state index in [0.717, 1.165) is 25.7 Å². The van der Waals surface area contributed by atoms with Crippen molar-refractivity contribution in [3.05, 3.63) is 29.9 Å². The number of hydrogen-bond acceptors (Lipinski definition) is 9. The van der Waals surface area contributed by atoms with Crippen LogP contribution in [-0.2, 0) is 19.1 Å².